The Labute approximate surface area is 102 Å². The molecule has 16 heavy (non-hydrogen) atoms. The van der Waals surface area contributed by atoms with Crippen molar-refractivity contribution in [3.05, 3.63) is 30.3 Å². The summed E-state index contributed by atoms with van der Waals surface area (Å²) in [6.07, 6.45) is 4.59. The van der Waals surface area contributed by atoms with Gasteiger partial charge in [-0.1, -0.05) is 38.0 Å². The average molecular weight is 236 g/mol. The van der Waals surface area contributed by atoms with Crippen LogP contribution in [0.1, 0.15) is 32.6 Å². The van der Waals surface area contributed by atoms with Gasteiger partial charge in [0.05, 0.1) is 5.60 Å². The Bertz CT molecular complexity index is 325. The van der Waals surface area contributed by atoms with E-state index in [1.165, 1.54) is 24.2 Å². The van der Waals surface area contributed by atoms with Crippen LogP contribution >= 0.6 is 11.8 Å². The third-order valence-corrected chi connectivity index (χ3v) is 4.90. The van der Waals surface area contributed by atoms with E-state index in [4.69, 9.17) is 0 Å². The summed E-state index contributed by atoms with van der Waals surface area (Å²) >= 11 is 1.78. The summed E-state index contributed by atoms with van der Waals surface area (Å²) in [7, 11) is 0. The summed E-state index contributed by atoms with van der Waals surface area (Å²) in [6.45, 7) is 2.19. The van der Waals surface area contributed by atoms with E-state index in [1.54, 1.807) is 11.8 Å². The van der Waals surface area contributed by atoms with Crippen LogP contribution in [0.4, 0.5) is 0 Å². The second-order valence-electron chi connectivity index (χ2n) is 4.85. The molecular formula is C14H20OS. The van der Waals surface area contributed by atoms with Gasteiger partial charge in [-0.15, -0.1) is 11.8 Å². The number of benzene rings is 1. The summed E-state index contributed by atoms with van der Waals surface area (Å²) in [4.78, 5) is 1.26. The zero-order chi connectivity index (χ0) is 11.4. The van der Waals surface area contributed by atoms with E-state index >= 15 is 0 Å². The summed E-state index contributed by atoms with van der Waals surface area (Å²) in [6, 6.07) is 10.4. The van der Waals surface area contributed by atoms with Gasteiger partial charge in [-0.2, -0.15) is 0 Å². The van der Waals surface area contributed by atoms with Gasteiger partial charge < -0.3 is 5.11 Å². The summed E-state index contributed by atoms with van der Waals surface area (Å²) in [5, 5.41) is 10.6. The second-order valence-corrected chi connectivity index (χ2v) is 5.90. The van der Waals surface area contributed by atoms with Crippen molar-refractivity contribution >= 4 is 11.8 Å². The van der Waals surface area contributed by atoms with E-state index in [-0.39, 0.29) is 0 Å². The SMILES string of the molecule is CC1CCCCC1(O)CSc1ccccc1. The van der Waals surface area contributed by atoms with Crippen molar-refractivity contribution in [2.24, 2.45) is 5.92 Å². The number of hydrogen-bond donors (Lipinski definition) is 1. The Morgan fingerprint density at radius 3 is 2.75 bits per heavy atom. The molecule has 1 aromatic carbocycles. The van der Waals surface area contributed by atoms with Gasteiger partial charge in [0.25, 0.3) is 0 Å². The van der Waals surface area contributed by atoms with Crippen LogP contribution in [0.5, 0.6) is 0 Å². The number of thioether (sulfide) groups is 1. The predicted octanol–water partition coefficient (Wildman–Crippen LogP) is 3.72. The Hall–Kier alpha value is -0.470. The van der Waals surface area contributed by atoms with Crippen LogP contribution in [0, 0.1) is 5.92 Å². The quantitative estimate of drug-likeness (QED) is 0.807. The molecule has 0 amide bonds. The Morgan fingerprint density at radius 2 is 2.06 bits per heavy atom. The van der Waals surface area contributed by atoms with Gasteiger partial charge in [0.1, 0.15) is 0 Å². The van der Waals surface area contributed by atoms with Gasteiger partial charge >= 0.3 is 0 Å². The molecule has 88 valence electrons. The molecule has 1 aromatic rings. The van der Waals surface area contributed by atoms with E-state index in [9.17, 15) is 5.11 Å². The van der Waals surface area contributed by atoms with Gasteiger partial charge in [0, 0.05) is 10.6 Å². The van der Waals surface area contributed by atoms with Gasteiger partial charge in [-0.3, -0.25) is 0 Å². The van der Waals surface area contributed by atoms with E-state index in [2.05, 4.69) is 31.2 Å². The van der Waals surface area contributed by atoms with E-state index in [1.807, 2.05) is 6.07 Å². The minimum absolute atomic E-state index is 0.442. The molecule has 1 fully saturated rings. The van der Waals surface area contributed by atoms with Crippen LogP contribution in [0.15, 0.2) is 35.2 Å². The zero-order valence-corrected chi connectivity index (χ0v) is 10.7. The minimum Gasteiger partial charge on any atom is -0.389 e. The minimum atomic E-state index is -0.446. The number of rotatable bonds is 3. The molecule has 0 heterocycles. The molecule has 2 rings (SSSR count). The van der Waals surface area contributed by atoms with Gasteiger partial charge in [0.15, 0.2) is 0 Å². The molecule has 0 radical (unpaired) electrons. The highest BCUT2D eigenvalue weighted by Gasteiger charge is 2.35. The van der Waals surface area contributed by atoms with E-state index in [0.717, 1.165) is 12.2 Å². The van der Waals surface area contributed by atoms with Gasteiger partial charge in [-0.25, -0.2) is 0 Å². The predicted molar refractivity (Wildman–Crippen MR) is 69.7 cm³/mol. The highest BCUT2D eigenvalue weighted by atomic mass is 32.2. The third kappa shape index (κ3) is 2.80. The van der Waals surface area contributed by atoms with Crippen LogP contribution in [0.2, 0.25) is 0 Å². The van der Waals surface area contributed by atoms with Crippen LogP contribution in [-0.4, -0.2) is 16.5 Å². The van der Waals surface area contributed by atoms with Crippen molar-refractivity contribution in [2.45, 2.75) is 43.1 Å². The van der Waals surface area contributed by atoms with Crippen LogP contribution in [0.25, 0.3) is 0 Å². The zero-order valence-electron chi connectivity index (χ0n) is 9.86. The molecule has 1 aliphatic rings. The lowest BCUT2D eigenvalue weighted by molar-refractivity contribution is -0.0193. The standard InChI is InChI=1S/C14H20OS/c1-12-7-5-6-10-14(12,15)11-16-13-8-3-2-4-9-13/h2-4,8-9,12,15H,5-7,10-11H2,1H3. The fourth-order valence-electron chi connectivity index (χ4n) is 2.34. The third-order valence-electron chi connectivity index (χ3n) is 3.65. The first-order valence-electron chi connectivity index (χ1n) is 6.11. The maximum atomic E-state index is 10.6. The van der Waals surface area contributed by atoms with Crippen molar-refractivity contribution in [1.82, 2.24) is 0 Å². The van der Waals surface area contributed by atoms with Crippen molar-refractivity contribution < 1.29 is 5.11 Å². The van der Waals surface area contributed by atoms with Crippen LogP contribution in [0.3, 0.4) is 0 Å². The largest absolute Gasteiger partial charge is 0.389 e. The fourth-order valence-corrected chi connectivity index (χ4v) is 3.53. The van der Waals surface area contributed by atoms with Gasteiger partial charge in [-0.05, 0) is 30.9 Å². The van der Waals surface area contributed by atoms with Crippen molar-refractivity contribution in [1.29, 1.82) is 0 Å². The summed E-state index contributed by atoms with van der Waals surface area (Å²) in [5.41, 5.74) is -0.446. The summed E-state index contributed by atoms with van der Waals surface area (Å²) in [5.74, 6) is 1.27. The molecule has 0 saturated heterocycles. The maximum Gasteiger partial charge on any atom is 0.0766 e. The Balaban J connectivity index is 1.93. The molecule has 2 heteroatoms. The van der Waals surface area contributed by atoms with Crippen LogP contribution < -0.4 is 0 Å². The Morgan fingerprint density at radius 1 is 1.31 bits per heavy atom. The fraction of sp³-hybridized carbons (Fsp3) is 0.571. The van der Waals surface area contributed by atoms with Crippen LogP contribution in [-0.2, 0) is 0 Å². The highest BCUT2D eigenvalue weighted by Crippen LogP contribution is 2.37. The summed E-state index contributed by atoms with van der Waals surface area (Å²) < 4.78 is 0. The monoisotopic (exact) mass is 236 g/mol. The smallest absolute Gasteiger partial charge is 0.0766 e. The number of aliphatic hydroxyl groups is 1. The maximum absolute atomic E-state index is 10.6. The lowest BCUT2D eigenvalue weighted by Crippen LogP contribution is -2.41. The van der Waals surface area contributed by atoms with Crippen molar-refractivity contribution in [3.8, 4) is 0 Å². The molecule has 0 aliphatic heterocycles. The first-order valence-corrected chi connectivity index (χ1v) is 7.09. The molecule has 1 nitrogen and oxygen atoms in total. The molecule has 2 unspecified atom stereocenters. The van der Waals surface area contributed by atoms with E-state index in [0.29, 0.717) is 5.92 Å². The first kappa shape index (κ1) is 12.0. The molecule has 0 spiro atoms. The van der Waals surface area contributed by atoms with Crippen molar-refractivity contribution in [3.63, 3.8) is 0 Å². The topological polar surface area (TPSA) is 20.2 Å². The molecule has 0 aromatic heterocycles. The Kier molecular flexibility index (Phi) is 3.93. The molecule has 0 bridgehead atoms. The normalized spacial score (nSPS) is 30.2. The van der Waals surface area contributed by atoms with Crippen molar-refractivity contribution in [2.75, 3.05) is 5.75 Å². The van der Waals surface area contributed by atoms with E-state index < -0.39 is 5.60 Å². The first-order chi connectivity index (χ1) is 7.71. The lowest BCUT2D eigenvalue weighted by Gasteiger charge is -2.37. The molecule has 2 atom stereocenters. The highest BCUT2D eigenvalue weighted by molar-refractivity contribution is 7.99. The average Bonchev–Trinajstić information content (AvgIpc) is 2.32. The molecule has 1 N–H and O–H groups in total. The molecule has 1 saturated carbocycles. The lowest BCUT2D eigenvalue weighted by atomic mass is 9.78. The second kappa shape index (κ2) is 5.24. The number of hydrogen-bond acceptors (Lipinski definition) is 2. The molecular weight excluding hydrogens is 216 g/mol. The molecule has 1 aliphatic carbocycles. The van der Waals surface area contributed by atoms with Gasteiger partial charge in [0.2, 0.25) is 0 Å².